The molecule has 1 N–H and O–H groups in total. The van der Waals surface area contributed by atoms with Crippen molar-refractivity contribution in [3.8, 4) is 5.75 Å². The molecule has 0 aliphatic heterocycles. The van der Waals surface area contributed by atoms with Gasteiger partial charge in [-0.25, -0.2) is 8.42 Å². The first-order chi connectivity index (χ1) is 6.87. The summed E-state index contributed by atoms with van der Waals surface area (Å²) in [6, 6.07) is 5.16. The van der Waals surface area contributed by atoms with Gasteiger partial charge >= 0.3 is 6.61 Å². The molecule has 0 aliphatic carbocycles. The first-order valence-corrected chi connectivity index (χ1v) is 5.78. The van der Waals surface area contributed by atoms with Crippen LogP contribution in [0.2, 0.25) is 0 Å². The van der Waals surface area contributed by atoms with Crippen molar-refractivity contribution in [2.75, 3.05) is 11.0 Å². The summed E-state index contributed by atoms with van der Waals surface area (Å²) >= 11 is 0. The highest BCUT2D eigenvalue weighted by Gasteiger charge is 2.05. The van der Waals surface area contributed by atoms with Crippen LogP contribution in [0.3, 0.4) is 0 Å². The van der Waals surface area contributed by atoms with E-state index in [-0.39, 0.29) is 5.75 Å². The van der Waals surface area contributed by atoms with Gasteiger partial charge < -0.3 is 4.74 Å². The lowest BCUT2D eigenvalue weighted by Gasteiger charge is -2.06. The Kier molecular flexibility index (Phi) is 3.46. The second-order valence-electron chi connectivity index (χ2n) is 2.78. The van der Waals surface area contributed by atoms with E-state index < -0.39 is 16.6 Å². The zero-order valence-corrected chi connectivity index (χ0v) is 8.59. The molecule has 0 bridgehead atoms. The molecule has 0 unspecified atom stereocenters. The van der Waals surface area contributed by atoms with Gasteiger partial charge in [0.25, 0.3) is 0 Å². The number of rotatable bonds is 4. The van der Waals surface area contributed by atoms with Crippen molar-refractivity contribution < 1.29 is 21.9 Å². The minimum atomic E-state index is -3.35. The van der Waals surface area contributed by atoms with Crippen LogP contribution in [0.4, 0.5) is 14.5 Å². The summed E-state index contributed by atoms with van der Waals surface area (Å²) in [7, 11) is -3.35. The lowest BCUT2D eigenvalue weighted by atomic mass is 10.3. The molecule has 0 aromatic heterocycles. The second kappa shape index (κ2) is 4.43. The molecule has 15 heavy (non-hydrogen) atoms. The van der Waals surface area contributed by atoms with Gasteiger partial charge in [-0.15, -0.1) is 0 Å². The molecule has 0 fully saturated rings. The van der Waals surface area contributed by atoms with Crippen LogP contribution < -0.4 is 9.46 Å². The average molecular weight is 237 g/mol. The van der Waals surface area contributed by atoms with E-state index in [4.69, 9.17) is 0 Å². The molecule has 0 radical (unpaired) electrons. The fourth-order valence-corrected chi connectivity index (χ4v) is 1.48. The highest BCUT2D eigenvalue weighted by atomic mass is 32.2. The minimum absolute atomic E-state index is 0.0240. The molecule has 1 aromatic carbocycles. The number of hydrogen-bond donors (Lipinski definition) is 1. The van der Waals surface area contributed by atoms with Gasteiger partial charge in [-0.1, -0.05) is 0 Å². The quantitative estimate of drug-likeness (QED) is 0.866. The Labute approximate surface area is 85.9 Å². The van der Waals surface area contributed by atoms with E-state index in [0.717, 1.165) is 6.26 Å². The van der Waals surface area contributed by atoms with Crippen molar-refractivity contribution in [1.82, 2.24) is 0 Å². The Morgan fingerprint density at radius 2 is 1.80 bits per heavy atom. The van der Waals surface area contributed by atoms with Gasteiger partial charge in [0.1, 0.15) is 5.75 Å². The molecule has 1 rings (SSSR count). The van der Waals surface area contributed by atoms with Crippen molar-refractivity contribution >= 4 is 15.7 Å². The number of halogens is 2. The van der Waals surface area contributed by atoms with Crippen LogP contribution in [-0.2, 0) is 10.0 Å². The molecule has 0 saturated carbocycles. The Morgan fingerprint density at radius 3 is 2.20 bits per heavy atom. The van der Waals surface area contributed by atoms with Crippen LogP contribution in [0.25, 0.3) is 0 Å². The number of nitrogens with one attached hydrogen (secondary N) is 1. The Hall–Kier alpha value is -1.37. The van der Waals surface area contributed by atoms with Crippen molar-refractivity contribution in [1.29, 1.82) is 0 Å². The SMILES string of the molecule is CS(=O)(=O)Nc1ccc(OC(F)F)cc1. The zero-order chi connectivity index (χ0) is 11.5. The van der Waals surface area contributed by atoms with Crippen LogP contribution in [-0.4, -0.2) is 21.3 Å². The lowest BCUT2D eigenvalue weighted by Crippen LogP contribution is -2.09. The molecule has 4 nitrogen and oxygen atoms in total. The summed E-state index contributed by atoms with van der Waals surface area (Å²) in [6.07, 6.45) is 0.997. The third-order valence-corrected chi connectivity index (χ3v) is 1.99. The summed E-state index contributed by atoms with van der Waals surface area (Å²) in [4.78, 5) is 0. The van der Waals surface area contributed by atoms with Gasteiger partial charge in [-0.05, 0) is 24.3 Å². The maximum absolute atomic E-state index is 11.8. The standard InChI is InChI=1S/C8H9F2NO3S/c1-15(12,13)11-6-2-4-7(5-3-6)14-8(9)10/h2-5,8,11H,1H3. The smallest absolute Gasteiger partial charge is 0.387 e. The van der Waals surface area contributed by atoms with E-state index in [9.17, 15) is 17.2 Å². The monoisotopic (exact) mass is 237 g/mol. The zero-order valence-electron chi connectivity index (χ0n) is 7.78. The van der Waals surface area contributed by atoms with Crippen molar-refractivity contribution in [2.45, 2.75) is 6.61 Å². The Balaban J connectivity index is 2.73. The minimum Gasteiger partial charge on any atom is -0.435 e. The van der Waals surface area contributed by atoms with Crippen LogP contribution in [0.15, 0.2) is 24.3 Å². The third-order valence-electron chi connectivity index (χ3n) is 1.38. The molecule has 0 heterocycles. The second-order valence-corrected chi connectivity index (χ2v) is 4.53. The fraction of sp³-hybridized carbons (Fsp3) is 0.250. The predicted molar refractivity (Wildman–Crippen MR) is 51.5 cm³/mol. The van der Waals surface area contributed by atoms with E-state index >= 15 is 0 Å². The molecule has 0 atom stereocenters. The van der Waals surface area contributed by atoms with Crippen LogP contribution in [0.1, 0.15) is 0 Å². The summed E-state index contributed by atoms with van der Waals surface area (Å²) in [6.45, 7) is -2.89. The lowest BCUT2D eigenvalue weighted by molar-refractivity contribution is -0.0498. The highest BCUT2D eigenvalue weighted by Crippen LogP contribution is 2.18. The molecule has 0 amide bonds. The van der Waals surface area contributed by atoms with Crippen LogP contribution in [0.5, 0.6) is 5.75 Å². The van der Waals surface area contributed by atoms with Crippen molar-refractivity contribution in [3.63, 3.8) is 0 Å². The summed E-state index contributed by atoms with van der Waals surface area (Å²) in [5.74, 6) is -0.0240. The molecule has 1 aromatic rings. The number of benzene rings is 1. The summed E-state index contributed by atoms with van der Waals surface area (Å²) in [5, 5.41) is 0. The van der Waals surface area contributed by atoms with E-state index in [1.165, 1.54) is 24.3 Å². The molecular weight excluding hydrogens is 228 g/mol. The fourth-order valence-electron chi connectivity index (χ4n) is 0.918. The van der Waals surface area contributed by atoms with Gasteiger partial charge in [0.05, 0.1) is 6.26 Å². The van der Waals surface area contributed by atoms with Crippen molar-refractivity contribution in [2.24, 2.45) is 0 Å². The number of alkyl halides is 2. The molecule has 84 valence electrons. The number of anilines is 1. The third kappa shape index (κ3) is 4.59. The highest BCUT2D eigenvalue weighted by molar-refractivity contribution is 7.92. The largest absolute Gasteiger partial charge is 0.435 e. The average Bonchev–Trinajstić information content (AvgIpc) is 2.05. The molecule has 0 spiro atoms. The Morgan fingerprint density at radius 1 is 1.27 bits per heavy atom. The van der Waals surface area contributed by atoms with E-state index in [2.05, 4.69) is 9.46 Å². The van der Waals surface area contributed by atoms with Gasteiger partial charge in [-0.3, -0.25) is 4.72 Å². The van der Waals surface area contributed by atoms with E-state index in [0.29, 0.717) is 5.69 Å². The predicted octanol–water partition coefficient (Wildman–Crippen LogP) is 1.66. The number of ether oxygens (including phenoxy) is 1. The van der Waals surface area contributed by atoms with Gasteiger partial charge in [-0.2, -0.15) is 8.78 Å². The maximum Gasteiger partial charge on any atom is 0.387 e. The first kappa shape index (κ1) is 11.7. The van der Waals surface area contributed by atoms with E-state index in [1.807, 2.05) is 0 Å². The molecule has 0 saturated heterocycles. The number of sulfonamides is 1. The Bertz CT molecular complexity index is 416. The van der Waals surface area contributed by atoms with Gasteiger partial charge in [0.2, 0.25) is 10.0 Å². The summed E-state index contributed by atoms with van der Waals surface area (Å²) in [5.41, 5.74) is 0.291. The maximum atomic E-state index is 11.8. The van der Waals surface area contributed by atoms with Crippen LogP contribution in [0, 0.1) is 0 Å². The summed E-state index contributed by atoms with van der Waals surface area (Å²) < 4.78 is 51.4. The molecular formula is C8H9F2NO3S. The van der Waals surface area contributed by atoms with E-state index in [1.54, 1.807) is 0 Å². The molecule has 7 heteroatoms. The normalized spacial score (nSPS) is 11.5. The molecule has 0 aliphatic rings. The van der Waals surface area contributed by atoms with Crippen molar-refractivity contribution in [3.05, 3.63) is 24.3 Å². The van der Waals surface area contributed by atoms with Crippen LogP contribution >= 0.6 is 0 Å². The first-order valence-electron chi connectivity index (χ1n) is 3.89. The number of hydrogen-bond acceptors (Lipinski definition) is 3. The topological polar surface area (TPSA) is 55.4 Å². The van der Waals surface area contributed by atoms with Gasteiger partial charge in [0.15, 0.2) is 0 Å². The van der Waals surface area contributed by atoms with Gasteiger partial charge in [0, 0.05) is 5.69 Å².